The number of ether oxygens (including phenoxy) is 1. The van der Waals surface area contributed by atoms with Gasteiger partial charge in [-0.25, -0.2) is 0 Å². The van der Waals surface area contributed by atoms with Crippen LogP contribution >= 0.6 is 11.6 Å². The lowest BCUT2D eigenvalue weighted by Crippen LogP contribution is -2.34. The highest BCUT2D eigenvalue weighted by Gasteiger charge is 2.11. The molecular formula is C19H20ClNO3. The van der Waals surface area contributed by atoms with Gasteiger partial charge in [-0.05, 0) is 42.8 Å². The third kappa shape index (κ3) is 4.85. The zero-order valence-corrected chi connectivity index (χ0v) is 14.4. The summed E-state index contributed by atoms with van der Waals surface area (Å²) in [6.45, 7) is 1.63. The van der Waals surface area contributed by atoms with Crippen molar-refractivity contribution in [3.8, 4) is 5.75 Å². The molecule has 126 valence electrons. The van der Waals surface area contributed by atoms with Crippen LogP contribution in [0.4, 0.5) is 0 Å². The summed E-state index contributed by atoms with van der Waals surface area (Å²) in [6, 6.07) is 12.3. The molecule has 0 aliphatic carbocycles. The van der Waals surface area contributed by atoms with Crippen molar-refractivity contribution in [1.29, 1.82) is 0 Å². The Morgan fingerprint density at radius 3 is 2.58 bits per heavy atom. The van der Waals surface area contributed by atoms with Gasteiger partial charge in [-0.1, -0.05) is 35.9 Å². The van der Waals surface area contributed by atoms with Gasteiger partial charge < -0.3 is 15.2 Å². The Labute approximate surface area is 146 Å². The van der Waals surface area contributed by atoms with Crippen LogP contribution in [0.25, 0.3) is 12.2 Å². The molecule has 2 N–H and O–H groups in total. The van der Waals surface area contributed by atoms with Crippen molar-refractivity contribution in [2.24, 2.45) is 0 Å². The summed E-state index contributed by atoms with van der Waals surface area (Å²) in [4.78, 5) is 12.2. The number of nitrogens with one attached hydrogen (secondary N) is 1. The van der Waals surface area contributed by atoms with Gasteiger partial charge in [0.25, 0.3) is 5.91 Å². The third-order valence-corrected chi connectivity index (χ3v) is 3.72. The minimum atomic E-state index is -0.298. The zero-order valence-electron chi connectivity index (χ0n) is 13.6. The fourth-order valence-electron chi connectivity index (χ4n) is 2.12. The van der Waals surface area contributed by atoms with E-state index in [2.05, 4.69) is 5.32 Å². The minimum absolute atomic E-state index is 0.106. The number of carbonyl (C=O) groups excluding carboxylic acids is 1. The quantitative estimate of drug-likeness (QED) is 0.786. The summed E-state index contributed by atoms with van der Waals surface area (Å²) in [7, 11) is 1.59. The lowest BCUT2D eigenvalue weighted by molar-refractivity contribution is 0.0922. The third-order valence-electron chi connectivity index (χ3n) is 3.47. The van der Waals surface area contributed by atoms with Crippen molar-refractivity contribution in [2.75, 3.05) is 13.7 Å². The summed E-state index contributed by atoms with van der Waals surface area (Å²) in [5.41, 5.74) is 2.29. The van der Waals surface area contributed by atoms with E-state index in [-0.39, 0.29) is 18.6 Å². The molecule has 2 rings (SSSR count). The Balaban J connectivity index is 2.25. The van der Waals surface area contributed by atoms with E-state index < -0.39 is 0 Å². The monoisotopic (exact) mass is 345 g/mol. The molecular weight excluding hydrogens is 326 g/mol. The molecule has 1 atom stereocenters. The fourth-order valence-corrected chi connectivity index (χ4v) is 2.24. The maximum Gasteiger partial charge on any atom is 0.251 e. The number of aliphatic hydroxyl groups is 1. The molecule has 5 heteroatoms. The van der Waals surface area contributed by atoms with Crippen molar-refractivity contribution in [2.45, 2.75) is 13.0 Å². The first-order valence-corrected chi connectivity index (χ1v) is 7.94. The normalized spacial score (nSPS) is 12.2. The number of carbonyl (C=O) groups is 1. The standard InChI is InChI=1S/C19H20ClNO3/c1-13(12-22)21-19(23)16-7-10-18(24-2)15(11-16)6-3-14-4-8-17(20)9-5-14/h3-11,13,22H,12H2,1-2H3,(H,21,23). The second kappa shape index (κ2) is 8.52. The molecule has 1 amide bonds. The molecule has 0 radical (unpaired) electrons. The van der Waals surface area contributed by atoms with E-state index in [4.69, 9.17) is 21.4 Å². The van der Waals surface area contributed by atoms with Gasteiger partial charge in [0.2, 0.25) is 0 Å². The largest absolute Gasteiger partial charge is 0.496 e. The first-order chi connectivity index (χ1) is 11.5. The number of methoxy groups -OCH3 is 1. The molecule has 0 heterocycles. The van der Waals surface area contributed by atoms with Gasteiger partial charge in [0.1, 0.15) is 5.75 Å². The van der Waals surface area contributed by atoms with Crippen LogP contribution in [0.2, 0.25) is 5.02 Å². The van der Waals surface area contributed by atoms with Crippen LogP contribution in [-0.4, -0.2) is 30.8 Å². The van der Waals surface area contributed by atoms with E-state index in [0.717, 1.165) is 11.1 Å². The second-order valence-electron chi connectivity index (χ2n) is 5.40. The van der Waals surface area contributed by atoms with Crippen LogP contribution in [0.1, 0.15) is 28.4 Å². The molecule has 2 aromatic carbocycles. The molecule has 24 heavy (non-hydrogen) atoms. The lowest BCUT2D eigenvalue weighted by atomic mass is 10.1. The fraction of sp³-hybridized carbons (Fsp3) is 0.211. The van der Waals surface area contributed by atoms with E-state index in [1.807, 2.05) is 36.4 Å². The summed E-state index contributed by atoms with van der Waals surface area (Å²) < 4.78 is 5.35. The minimum Gasteiger partial charge on any atom is -0.496 e. The lowest BCUT2D eigenvalue weighted by Gasteiger charge is -2.12. The highest BCUT2D eigenvalue weighted by Crippen LogP contribution is 2.23. The SMILES string of the molecule is COc1ccc(C(=O)NC(C)CO)cc1C=Cc1ccc(Cl)cc1. The molecule has 0 aromatic heterocycles. The van der Waals surface area contributed by atoms with Gasteiger partial charge in [-0.15, -0.1) is 0 Å². The first-order valence-electron chi connectivity index (χ1n) is 7.57. The average Bonchev–Trinajstić information content (AvgIpc) is 2.60. The highest BCUT2D eigenvalue weighted by atomic mass is 35.5. The Bertz CT molecular complexity index is 726. The van der Waals surface area contributed by atoms with E-state index in [0.29, 0.717) is 16.3 Å². The summed E-state index contributed by atoms with van der Waals surface area (Å²) in [6.07, 6.45) is 3.81. The van der Waals surface area contributed by atoms with Crippen LogP contribution in [0, 0.1) is 0 Å². The molecule has 0 aliphatic heterocycles. The van der Waals surface area contributed by atoms with E-state index in [9.17, 15) is 4.79 Å². The average molecular weight is 346 g/mol. The number of hydrogen-bond acceptors (Lipinski definition) is 3. The van der Waals surface area contributed by atoms with Gasteiger partial charge in [0, 0.05) is 22.2 Å². The zero-order chi connectivity index (χ0) is 17.5. The number of aliphatic hydroxyl groups excluding tert-OH is 1. The van der Waals surface area contributed by atoms with Gasteiger partial charge in [-0.3, -0.25) is 4.79 Å². The Kier molecular flexibility index (Phi) is 6.41. The number of rotatable bonds is 6. The van der Waals surface area contributed by atoms with Crippen molar-refractivity contribution in [3.05, 3.63) is 64.2 Å². The summed E-state index contributed by atoms with van der Waals surface area (Å²) in [5, 5.41) is 12.4. The van der Waals surface area contributed by atoms with Crippen LogP contribution in [-0.2, 0) is 0 Å². The molecule has 0 fully saturated rings. The Hall–Kier alpha value is -2.30. The van der Waals surface area contributed by atoms with Crippen LogP contribution in [0.15, 0.2) is 42.5 Å². The number of halogens is 1. The smallest absolute Gasteiger partial charge is 0.251 e. The number of amides is 1. The van der Waals surface area contributed by atoms with Gasteiger partial charge in [0.15, 0.2) is 0 Å². The maximum atomic E-state index is 12.2. The van der Waals surface area contributed by atoms with E-state index >= 15 is 0 Å². The molecule has 4 nitrogen and oxygen atoms in total. The van der Waals surface area contributed by atoms with Crippen molar-refractivity contribution in [3.63, 3.8) is 0 Å². The van der Waals surface area contributed by atoms with Crippen molar-refractivity contribution >= 4 is 29.7 Å². The maximum absolute atomic E-state index is 12.2. The number of hydrogen-bond donors (Lipinski definition) is 2. The van der Waals surface area contributed by atoms with Crippen molar-refractivity contribution < 1.29 is 14.6 Å². The van der Waals surface area contributed by atoms with E-state index in [1.165, 1.54) is 0 Å². The first kappa shape index (κ1) is 18.0. The van der Waals surface area contributed by atoms with Gasteiger partial charge >= 0.3 is 0 Å². The highest BCUT2D eigenvalue weighted by molar-refractivity contribution is 6.30. The molecule has 0 aliphatic rings. The van der Waals surface area contributed by atoms with Crippen LogP contribution in [0.5, 0.6) is 5.75 Å². The second-order valence-corrected chi connectivity index (χ2v) is 5.84. The molecule has 0 bridgehead atoms. The van der Waals surface area contributed by atoms with E-state index in [1.54, 1.807) is 32.2 Å². The van der Waals surface area contributed by atoms with Crippen molar-refractivity contribution in [1.82, 2.24) is 5.32 Å². The summed E-state index contributed by atoms with van der Waals surface area (Å²) >= 11 is 5.88. The molecule has 1 unspecified atom stereocenters. The molecule has 0 saturated carbocycles. The summed E-state index contributed by atoms with van der Waals surface area (Å²) in [5.74, 6) is 0.437. The van der Waals surface area contributed by atoms with Gasteiger partial charge in [-0.2, -0.15) is 0 Å². The molecule has 0 spiro atoms. The van der Waals surface area contributed by atoms with Crippen LogP contribution < -0.4 is 10.1 Å². The van der Waals surface area contributed by atoms with Crippen LogP contribution in [0.3, 0.4) is 0 Å². The van der Waals surface area contributed by atoms with Gasteiger partial charge in [0.05, 0.1) is 13.7 Å². The predicted octanol–water partition coefficient (Wildman–Crippen LogP) is 3.63. The number of benzene rings is 2. The Morgan fingerprint density at radius 2 is 1.96 bits per heavy atom. The topological polar surface area (TPSA) is 58.6 Å². The molecule has 0 saturated heterocycles. The molecule has 2 aromatic rings. The predicted molar refractivity (Wildman–Crippen MR) is 97.4 cm³/mol. The Morgan fingerprint density at radius 1 is 1.25 bits per heavy atom.